The number of fused-ring (bicyclic) bond motifs is 3. The summed E-state index contributed by atoms with van der Waals surface area (Å²) in [5, 5.41) is 15.6. The molecule has 22 heavy (non-hydrogen) atoms. The quantitative estimate of drug-likeness (QED) is 0.751. The number of hydrogen-bond donors (Lipinski definition) is 2. The van der Waals surface area contributed by atoms with E-state index >= 15 is 0 Å². The van der Waals surface area contributed by atoms with Crippen molar-refractivity contribution in [1.29, 1.82) is 0 Å². The van der Waals surface area contributed by atoms with Crippen molar-refractivity contribution < 1.29 is 14.6 Å². The zero-order valence-corrected chi connectivity index (χ0v) is 13.9. The Morgan fingerprint density at radius 2 is 2.36 bits per heavy atom. The fourth-order valence-corrected chi connectivity index (χ4v) is 4.04. The summed E-state index contributed by atoms with van der Waals surface area (Å²) < 4.78 is 7.84. The van der Waals surface area contributed by atoms with E-state index < -0.39 is 0 Å². The number of rotatable bonds is 5. The van der Waals surface area contributed by atoms with E-state index in [1.807, 2.05) is 24.4 Å². The molecule has 0 radical (unpaired) electrons. The molecule has 7 heteroatoms. The summed E-state index contributed by atoms with van der Waals surface area (Å²) in [6.45, 7) is 3.56. The minimum Gasteiger partial charge on any atom is -0.483 e. The van der Waals surface area contributed by atoms with Crippen LogP contribution in [0.15, 0.2) is 17.5 Å². The molecule has 3 rings (SSSR count). The van der Waals surface area contributed by atoms with Gasteiger partial charge < -0.3 is 15.2 Å². The summed E-state index contributed by atoms with van der Waals surface area (Å²) in [5.41, 5.74) is 0.998. The highest BCUT2D eigenvalue weighted by atomic mass is 32.1. The van der Waals surface area contributed by atoms with Crippen molar-refractivity contribution in [3.8, 4) is 5.75 Å². The van der Waals surface area contributed by atoms with Gasteiger partial charge in [0.15, 0.2) is 6.61 Å². The molecule has 2 heterocycles. The van der Waals surface area contributed by atoms with Gasteiger partial charge in [0.2, 0.25) is 0 Å². The Morgan fingerprint density at radius 3 is 3.14 bits per heavy atom. The van der Waals surface area contributed by atoms with Crippen LogP contribution < -0.4 is 10.1 Å². The molecule has 0 aliphatic heterocycles. The van der Waals surface area contributed by atoms with Crippen LogP contribution in [0.25, 0.3) is 20.3 Å². The smallest absolute Gasteiger partial charge is 0.258 e. The third-order valence-corrected chi connectivity index (χ3v) is 5.05. The van der Waals surface area contributed by atoms with Gasteiger partial charge in [-0.2, -0.15) is 0 Å². The lowest BCUT2D eigenvalue weighted by molar-refractivity contribution is -0.123. The van der Waals surface area contributed by atoms with Crippen molar-refractivity contribution >= 4 is 48.9 Å². The van der Waals surface area contributed by atoms with E-state index in [1.54, 1.807) is 29.6 Å². The van der Waals surface area contributed by atoms with E-state index in [9.17, 15) is 4.79 Å². The maximum absolute atomic E-state index is 11.8. The molecular formula is C15H16N2O3S2. The molecule has 116 valence electrons. The maximum atomic E-state index is 11.8. The van der Waals surface area contributed by atoms with Gasteiger partial charge in [-0.25, -0.2) is 4.98 Å². The second-order valence-corrected chi connectivity index (χ2v) is 7.21. The number of aromatic nitrogens is 1. The number of amides is 1. The second kappa shape index (κ2) is 6.20. The molecule has 0 aliphatic carbocycles. The van der Waals surface area contributed by atoms with Crippen LogP contribution in [0.4, 0.5) is 0 Å². The van der Waals surface area contributed by atoms with E-state index in [-0.39, 0.29) is 25.2 Å². The number of ether oxygens (including phenoxy) is 1. The molecular weight excluding hydrogens is 320 g/mol. The first-order valence-corrected chi connectivity index (χ1v) is 8.58. The first-order valence-electron chi connectivity index (χ1n) is 6.89. The Bertz CT molecular complexity index is 825. The third-order valence-electron chi connectivity index (χ3n) is 3.21. The van der Waals surface area contributed by atoms with Gasteiger partial charge in [-0.3, -0.25) is 4.79 Å². The van der Waals surface area contributed by atoms with Gasteiger partial charge in [0.25, 0.3) is 5.91 Å². The fourth-order valence-electron chi connectivity index (χ4n) is 2.21. The molecule has 1 atom stereocenters. The van der Waals surface area contributed by atoms with Gasteiger partial charge in [-0.15, -0.1) is 22.7 Å². The van der Waals surface area contributed by atoms with E-state index in [2.05, 4.69) is 10.3 Å². The average molecular weight is 336 g/mol. The second-order valence-electron chi connectivity index (χ2n) is 5.06. The summed E-state index contributed by atoms with van der Waals surface area (Å²) >= 11 is 3.24. The number of aryl methyl sites for hydroxylation is 1. The molecule has 0 saturated carbocycles. The van der Waals surface area contributed by atoms with E-state index in [0.29, 0.717) is 5.75 Å². The normalized spacial score (nSPS) is 12.7. The lowest BCUT2D eigenvalue weighted by Gasteiger charge is -2.12. The van der Waals surface area contributed by atoms with Gasteiger partial charge in [0, 0.05) is 17.5 Å². The highest BCUT2D eigenvalue weighted by molar-refractivity contribution is 7.21. The van der Waals surface area contributed by atoms with Gasteiger partial charge in [-0.1, -0.05) is 0 Å². The summed E-state index contributed by atoms with van der Waals surface area (Å²) in [4.78, 5) is 16.3. The van der Waals surface area contributed by atoms with E-state index in [1.165, 1.54) is 0 Å². The first-order chi connectivity index (χ1) is 10.6. The van der Waals surface area contributed by atoms with Crippen molar-refractivity contribution in [2.45, 2.75) is 19.9 Å². The van der Waals surface area contributed by atoms with Crippen LogP contribution in [0.1, 0.15) is 11.9 Å². The molecule has 0 aliphatic rings. The number of carbonyl (C=O) groups excluding carboxylic acids is 1. The molecule has 0 saturated heterocycles. The number of benzene rings is 1. The van der Waals surface area contributed by atoms with Crippen LogP contribution in [0.3, 0.4) is 0 Å². The van der Waals surface area contributed by atoms with Crippen LogP contribution in [-0.4, -0.2) is 35.3 Å². The predicted molar refractivity (Wildman–Crippen MR) is 89.9 cm³/mol. The monoisotopic (exact) mass is 336 g/mol. The standard InChI is InChI=1S/C15H16N2O3S2/c1-8(6-18)16-13(19)7-20-11-5-12-14(17-9(2)22-12)15-10(11)3-4-21-15/h3-5,8,18H,6-7H2,1-2H3,(H,16,19). The molecule has 2 N–H and O–H groups in total. The zero-order valence-electron chi connectivity index (χ0n) is 12.3. The molecule has 0 bridgehead atoms. The molecule has 1 aromatic carbocycles. The topological polar surface area (TPSA) is 71.5 Å². The molecule has 2 aromatic heterocycles. The number of aliphatic hydroxyl groups is 1. The van der Waals surface area contributed by atoms with Crippen LogP contribution >= 0.6 is 22.7 Å². The summed E-state index contributed by atoms with van der Waals surface area (Å²) in [7, 11) is 0. The summed E-state index contributed by atoms with van der Waals surface area (Å²) in [6, 6.07) is 3.65. The van der Waals surface area contributed by atoms with Crippen molar-refractivity contribution in [2.24, 2.45) is 0 Å². The first kappa shape index (κ1) is 15.2. The van der Waals surface area contributed by atoms with Crippen molar-refractivity contribution in [2.75, 3.05) is 13.2 Å². The summed E-state index contributed by atoms with van der Waals surface area (Å²) in [6.07, 6.45) is 0. The lowest BCUT2D eigenvalue weighted by Crippen LogP contribution is -2.38. The molecule has 0 spiro atoms. The summed E-state index contributed by atoms with van der Waals surface area (Å²) in [5.74, 6) is 0.449. The minimum absolute atomic E-state index is 0.0709. The Kier molecular flexibility index (Phi) is 4.28. The Morgan fingerprint density at radius 1 is 1.55 bits per heavy atom. The fraction of sp³-hybridized carbons (Fsp3) is 0.333. The molecule has 1 amide bonds. The van der Waals surface area contributed by atoms with Crippen LogP contribution in [0, 0.1) is 6.92 Å². The Balaban J connectivity index is 1.86. The van der Waals surface area contributed by atoms with Crippen LogP contribution in [0.5, 0.6) is 5.75 Å². The van der Waals surface area contributed by atoms with Crippen molar-refractivity contribution in [3.05, 3.63) is 22.5 Å². The Labute approximate surface area is 135 Å². The maximum Gasteiger partial charge on any atom is 0.258 e. The number of nitrogens with one attached hydrogen (secondary N) is 1. The SMILES string of the molecule is Cc1nc2c(cc(OCC(=O)NC(C)CO)c3ccsc32)s1. The van der Waals surface area contributed by atoms with Crippen LogP contribution in [0.2, 0.25) is 0 Å². The number of aliphatic hydroxyl groups excluding tert-OH is 1. The minimum atomic E-state index is -0.274. The molecule has 5 nitrogen and oxygen atoms in total. The van der Waals surface area contributed by atoms with Gasteiger partial charge in [0.1, 0.15) is 5.75 Å². The van der Waals surface area contributed by atoms with Crippen molar-refractivity contribution in [1.82, 2.24) is 10.3 Å². The number of carbonyl (C=O) groups is 1. The third kappa shape index (κ3) is 2.92. The van der Waals surface area contributed by atoms with Crippen LogP contribution in [-0.2, 0) is 4.79 Å². The lowest BCUT2D eigenvalue weighted by atomic mass is 10.2. The number of thiazole rings is 1. The van der Waals surface area contributed by atoms with Gasteiger partial charge in [-0.05, 0) is 25.3 Å². The van der Waals surface area contributed by atoms with E-state index in [0.717, 1.165) is 25.3 Å². The molecule has 0 fully saturated rings. The largest absolute Gasteiger partial charge is 0.483 e. The zero-order chi connectivity index (χ0) is 15.7. The average Bonchev–Trinajstić information content (AvgIpc) is 3.09. The molecule has 3 aromatic rings. The van der Waals surface area contributed by atoms with E-state index in [4.69, 9.17) is 9.84 Å². The number of hydrogen-bond acceptors (Lipinski definition) is 6. The molecule has 1 unspecified atom stereocenters. The predicted octanol–water partition coefficient (Wildman–Crippen LogP) is 2.70. The Hall–Kier alpha value is -1.70. The van der Waals surface area contributed by atoms with Crippen molar-refractivity contribution in [3.63, 3.8) is 0 Å². The number of nitrogens with zero attached hydrogens (tertiary/aromatic N) is 1. The highest BCUT2D eigenvalue weighted by Crippen LogP contribution is 2.38. The highest BCUT2D eigenvalue weighted by Gasteiger charge is 2.14. The van der Waals surface area contributed by atoms with Gasteiger partial charge >= 0.3 is 0 Å². The number of thiophene rings is 1. The van der Waals surface area contributed by atoms with Gasteiger partial charge in [0.05, 0.1) is 26.5 Å².